The monoisotopic (exact) mass is 511 g/mol. The van der Waals surface area contributed by atoms with Crippen molar-refractivity contribution in [2.45, 2.75) is 37.4 Å². The molecule has 13 nitrogen and oxygen atoms in total. The predicted molar refractivity (Wildman–Crippen MR) is 129 cm³/mol. The van der Waals surface area contributed by atoms with Gasteiger partial charge >= 0.3 is 17.9 Å². The van der Waals surface area contributed by atoms with Crippen LogP contribution in [0.3, 0.4) is 0 Å². The first-order valence-corrected chi connectivity index (χ1v) is 11.0. The summed E-state index contributed by atoms with van der Waals surface area (Å²) in [4.78, 5) is 57.5. The van der Waals surface area contributed by atoms with Gasteiger partial charge in [-0.3, -0.25) is 24.0 Å². The fraction of sp³-hybridized carbons (Fsp3) is 0.381. The first kappa shape index (κ1) is 29.4. The number of carbonyl (C=O) groups excluding carboxylic acids is 2. The largest absolute Gasteiger partial charge is 0.480 e. The Morgan fingerprint density at radius 2 is 1.63 bits per heavy atom. The van der Waals surface area contributed by atoms with Crippen molar-refractivity contribution >= 4 is 53.3 Å². The van der Waals surface area contributed by atoms with Gasteiger partial charge in [-0.2, -0.15) is 12.6 Å². The van der Waals surface area contributed by atoms with Crippen LogP contribution < -0.4 is 22.1 Å². The van der Waals surface area contributed by atoms with Gasteiger partial charge in [0, 0.05) is 35.7 Å². The van der Waals surface area contributed by atoms with Crippen molar-refractivity contribution in [1.29, 1.82) is 0 Å². The predicted octanol–water partition coefficient (Wildman–Crippen LogP) is -1.08. The summed E-state index contributed by atoms with van der Waals surface area (Å²) in [5.41, 5.74) is 12.7. The lowest BCUT2D eigenvalue weighted by molar-refractivity contribution is -0.139. The van der Waals surface area contributed by atoms with Gasteiger partial charge in [-0.25, -0.2) is 0 Å². The van der Waals surface area contributed by atoms with Gasteiger partial charge in [0.15, 0.2) is 0 Å². The lowest BCUT2D eigenvalue weighted by Crippen LogP contribution is -2.49. The van der Waals surface area contributed by atoms with Crippen molar-refractivity contribution in [1.82, 2.24) is 15.6 Å². The Balaban J connectivity index is 0.000000362. The minimum atomic E-state index is -1.22. The summed E-state index contributed by atoms with van der Waals surface area (Å²) in [6, 6.07) is 4.76. The highest BCUT2D eigenvalue weighted by Crippen LogP contribution is 2.18. The van der Waals surface area contributed by atoms with Gasteiger partial charge in [0.25, 0.3) is 0 Å². The molecule has 3 atom stereocenters. The summed E-state index contributed by atoms with van der Waals surface area (Å²) < 4.78 is 0. The van der Waals surface area contributed by atoms with Gasteiger partial charge in [0.1, 0.15) is 24.7 Å². The van der Waals surface area contributed by atoms with E-state index in [1.165, 1.54) is 0 Å². The molecule has 0 aliphatic carbocycles. The second-order valence-corrected chi connectivity index (χ2v) is 7.77. The number of aliphatic carboxylic acids is 3. The Bertz CT molecular complexity index is 1040. The number of rotatable bonds is 12. The van der Waals surface area contributed by atoms with Crippen LogP contribution in [0.2, 0.25) is 0 Å². The molecule has 14 heteroatoms. The number of nitrogens with one attached hydrogen (secondary N) is 3. The maximum atomic E-state index is 11.5. The van der Waals surface area contributed by atoms with Crippen LogP contribution in [0.5, 0.6) is 0 Å². The number of aromatic amines is 1. The normalized spacial score (nSPS) is 13.0. The van der Waals surface area contributed by atoms with Crippen LogP contribution in [0.1, 0.15) is 18.4 Å². The molecule has 0 aliphatic rings. The molecule has 1 aromatic heterocycles. The number of hydrogen-bond donors (Lipinski definition) is 9. The van der Waals surface area contributed by atoms with Gasteiger partial charge in [-0.15, -0.1) is 0 Å². The van der Waals surface area contributed by atoms with E-state index in [0.717, 1.165) is 16.5 Å². The van der Waals surface area contributed by atoms with E-state index in [2.05, 4.69) is 28.2 Å². The quantitative estimate of drug-likeness (QED) is 0.156. The SMILES string of the molecule is NC(CCC(=O)NC(CS)C(=O)NCC(=O)O)C(=O)O.NC(Cc1c[nH]c2ccccc12)C(=O)O. The molecule has 0 saturated heterocycles. The van der Waals surface area contributed by atoms with E-state index in [1.807, 2.05) is 30.5 Å². The van der Waals surface area contributed by atoms with Crippen LogP contribution in [0.25, 0.3) is 10.9 Å². The van der Waals surface area contributed by atoms with Crippen LogP contribution in [0.4, 0.5) is 0 Å². The first-order valence-electron chi connectivity index (χ1n) is 10.4. The number of aromatic nitrogens is 1. The van der Waals surface area contributed by atoms with E-state index in [9.17, 15) is 24.0 Å². The highest BCUT2D eigenvalue weighted by molar-refractivity contribution is 7.80. The maximum Gasteiger partial charge on any atom is 0.322 e. The molecule has 0 bridgehead atoms. The van der Waals surface area contributed by atoms with Gasteiger partial charge < -0.3 is 42.4 Å². The fourth-order valence-corrected chi connectivity index (χ4v) is 3.04. The Morgan fingerprint density at radius 3 is 2.20 bits per heavy atom. The molecule has 1 heterocycles. The molecule has 1 aromatic carbocycles. The number of nitrogens with two attached hydrogens (primary N) is 2. The molecule has 192 valence electrons. The van der Waals surface area contributed by atoms with E-state index in [-0.39, 0.29) is 18.6 Å². The smallest absolute Gasteiger partial charge is 0.322 e. The van der Waals surface area contributed by atoms with E-state index >= 15 is 0 Å². The second-order valence-electron chi connectivity index (χ2n) is 7.41. The molecule has 10 N–H and O–H groups in total. The summed E-state index contributed by atoms with van der Waals surface area (Å²) in [6.45, 7) is -0.567. The molecule has 0 aliphatic heterocycles. The van der Waals surface area contributed by atoms with Crippen molar-refractivity contribution in [3.63, 3.8) is 0 Å². The summed E-state index contributed by atoms with van der Waals surface area (Å²) in [7, 11) is 0. The second kappa shape index (κ2) is 14.6. The highest BCUT2D eigenvalue weighted by atomic mass is 32.1. The molecular weight excluding hydrogens is 482 g/mol. The zero-order chi connectivity index (χ0) is 26.5. The Labute approximate surface area is 205 Å². The number of carbonyl (C=O) groups is 5. The third-order valence-corrected chi connectivity index (χ3v) is 5.04. The lowest BCUT2D eigenvalue weighted by Gasteiger charge is -2.16. The molecular formula is C21H29N5O8S. The number of carboxylic acid groups (broad SMARTS) is 3. The molecule has 0 radical (unpaired) electrons. The highest BCUT2D eigenvalue weighted by Gasteiger charge is 2.21. The number of fused-ring (bicyclic) bond motifs is 1. The van der Waals surface area contributed by atoms with Crippen molar-refractivity contribution in [2.24, 2.45) is 11.5 Å². The average Bonchev–Trinajstić information content (AvgIpc) is 3.22. The number of amides is 2. The molecule has 35 heavy (non-hydrogen) atoms. The minimum absolute atomic E-state index is 0.0256. The standard InChI is InChI=1S/C11H12N2O2.C10H17N3O6S/c12-9(11(14)15)5-7-6-13-10-4-2-1-3-8(7)10;11-5(10(18)19)1-2-7(14)13-6(4-20)9(17)12-3-8(15)16/h1-4,6,9,13H,5,12H2,(H,14,15);5-6,20H,1-4,11H2,(H,12,17)(H,13,14)(H,15,16)(H,18,19). The summed E-state index contributed by atoms with van der Waals surface area (Å²) in [6.07, 6.45) is 1.92. The number of thiol groups is 1. The zero-order valence-corrected chi connectivity index (χ0v) is 19.5. The molecule has 3 unspecified atom stereocenters. The van der Waals surface area contributed by atoms with Gasteiger partial charge in [0.2, 0.25) is 11.8 Å². The van der Waals surface area contributed by atoms with Crippen LogP contribution in [0.15, 0.2) is 30.5 Å². The van der Waals surface area contributed by atoms with E-state index in [1.54, 1.807) is 0 Å². The summed E-state index contributed by atoms with van der Waals surface area (Å²) in [5, 5.41) is 31.1. The zero-order valence-electron chi connectivity index (χ0n) is 18.6. The number of hydrogen-bond acceptors (Lipinski definition) is 8. The minimum Gasteiger partial charge on any atom is -0.480 e. The number of benzene rings is 1. The average molecular weight is 512 g/mol. The third-order valence-electron chi connectivity index (χ3n) is 4.68. The molecule has 0 fully saturated rings. The van der Waals surface area contributed by atoms with Crippen molar-refractivity contribution in [2.75, 3.05) is 12.3 Å². The maximum absolute atomic E-state index is 11.5. The van der Waals surface area contributed by atoms with Crippen LogP contribution in [0, 0.1) is 0 Å². The van der Waals surface area contributed by atoms with Crippen LogP contribution in [-0.4, -0.2) is 80.4 Å². The van der Waals surface area contributed by atoms with Gasteiger partial charge in [-0.1, -0.05) is 18.2 Å². The number of para-hydroxylation sites is 1. The van der Waals surface area contributed by atoms with Crippen LogP contribution in [-0.2, 0) is 30.4 Å². The number of carboxylic acids is 3. The third kappa shape index (κ3) is 10.5. The van der Waals surface area contributed by atoms with Gasteiger partial charge in [0.05, 0.1) is 0 Å². The molecule has 0 saturated carbocycles. The topological polar surface area (TPSA) is 238 Å². The van der Waals surface area contributed by atoms with E-state index < -0.39 is 54.4 Å². The van der Waals surface area contributed by atoms with E-state index in [0.29, 0.717) is 6.42 Å². The van der Waals surface area contributed by atoms with Crippen molar-refractivity contribution in [3.8, 4) is 0 Å². The summed E-state index contributed by atoms with van der Waals surface area (Å²) in [5.74, 6) is -4.68. The van der Waals surface area contributed by atoms with Crippen LogP contribution >= 0.6 is 12.6 Å². The molecule has 0 spiro atoms. The molecule has 2 rings (SSSR count). The first-order chi connectivity index (χ1) is 16.5. The molecule has 2 amide bonds. The Morgan fingerprint density at radius 1 is 1.00 bits per heavy atom. The lowest BCUT2D eigenvalue weighted by atomic mass is 10.1. The van der Waals surface area contributed by atoms with Gasteiger partial charge in [-0.05, 0) is 18.1 Å². The van der Waals surface area contributed by atoms with E-state index in [4.69, 9.17) is 26.8 Å². The van der Waals surface area contributed by atoms with Crippen molar-refractivity contribution < 1.29 is 39.3 Å². The molecule has 2 aromatic rings. The Kier molecular flexibility index (Phi) is 12.3. The van der Waals surface area contributed by atoms with Crippen molar-refractivity contribution in [3.05, 3.63) is 36.0 Å². The Hall–Kier alpha value is -3.62. The summed E-state index contributed by atoms with van der Waals surface area (Å²) >= 11 is 3.87. The number of H-pyrrole nitrogens is 1. The fourth-order valence-electron chi connectivity index (χ4n) is 2.78.